The smallest absolute Gasteiger partial charge is 0.469 e. The average molecular weight is 382 g/mol. The molecule has 0 aliphatic carbocycles. The summed E-state index contributed by atoms with van der Waals surface area (Å²) in [5.74, 6) is 1.10. The lowest BCUT2D eigenvalue weighted by Crippen LogP contribution is -2.25. The van der Waals surface area contributed by atoms with Crippen LogP contribution in [0.15, 0.2) is 30.3 Å². The molecule has 0 aliphatic rings. The molecule has 0 amide bonds. The van der Waals surface area contributed by atoms with E-state index in [4.69, 9.17) is 4.74 Å². The zero-order valence-corrected chi connectivity index (χ0v) is 16.0. The first kappa shape index (κ1) is 23.8. The van der Waals surface area contributed by atoms with Crippen molar-refractivity contribution >= 4 is 24.1 Å². The molecule has 0 spiro atoms. The first-order valence-corrected chi connectivity index (χ1v) is 9.79. The van der Waals surface area contributed by atoms with Gasteiger partial charge in [0.25, 0.3) is 0 Å². The highest BCUT2D eigenvalue weighted by molar-refractivity contribution is 7.97. The molecule has 0 radical (unpaired) electrons. The van der Waals surface area contributed by atoms with Crippen molar-refractivity contribution in [2.75, 3.05) is 12.9 Å². The van der Waals surface area contributed by atoms with Gasteiger partial charge in [0.2, 0.25) is 0 Å². The van der Waals surface area contributed by atoms with Crippen LogP contribution >= 0.6 is 0 Å². The van der Waals surface area contributed by atoms with E-state index in [1.54, 1.807) is 0 Å². The molecule has 0 aromatic heterocycles. The monoisotopic (exact) mass is 382 g/mol. The second kappa shape index (κ2) is 12.2. The highest BCUT2D eigenvalue weighted by Crippen LogP contribution is 2.32. The van der Waals surface area contributed by atoms with Crippen LogP contribution in [0.25, 0.3) is 0 Å². The summed E-state index contributed by atoms with van der Waals surface area (Å²) in [4.78, 5) is 11.3. The Morgan fingerprint density at radius 3 is 2.08 bits per heavy atom. The van der Waals surface area contributed by atoms with Gasteiger partial charge in [-0.25, -0.2) is 0 Å². The Kier molecular flexibility index (Phi) is 11.6. The van der Waals surface area contributed by atoms with Crippen LogP contribution in [0, 0.1) is 0 Å². The van der Waals surface area contributed by atoms with Crippen LogP contribution in [-0.4, -0.2) is 31.3 Å². The van der Waals surface area contributed by atoms with Crippen LogP contribution in [0.5, 0.6) is 0 Å². The lowest BCUT2D eigenvalue weighted by Gasteiger charge is -2.21. The van der Waals surface area contributed by atoms with E-state index in [0.717, 1.165) is 12.8 Å². The van der Waals surface area contributed by atoms with E-state index in [2.05, 4.69) is 51.1 Å². The molecule has 8 heteroatoms. The van der Waals surface area contributed by atoms with E-state index in [-0.39, 0.29) is 5.97 Å². The Labute approximate surface area is 150 Å². The van der Waals surface area contributed by atoms with Crippen LogP contribution in [-0.2, 0) is 20.4 Å². The molecule has 2 unspecified atom stereocenters. The van der Waals surface area contributed by atoms with Crippen LogP contribution in [0.2, 0.25) is 0 Å². The number of carbonyl (C=O) groups excluding carboxylic acids is 1. The summed E-state index contributed by atoms with van der Waals surface area (Å²) in [7, 11) is -4.18. The Morgan fingerprint density at radius 2 is 1.68 bits per heavy atom. The predicted octanol–water partition coefficient (Wildman–Crippen LogP) is 5.42. The molecule has 25 heavy (non-hydrogen) atoms. The summed E-state index contributed by atoms with van der Waals surface area (Å²) in [6.07, 6.45) is 2.50. The van der Waals surface area contributed by atoms with E-state index in [1.807, 2.05) is 0 Å². The van der Waals surface area contributed by atoms with Crippen molar-refractivity contribution in [2.45, 2.75) is 50.5 Å². The molecule has 1 aromatic rings. The van der Waals surface area contributed by atoms with Gasteiger partial charge in [-0.1, -0.05) is 30.3 Å². The lowest BCUT2D eigenvalue weighted by atomic mass is 10.1. The molecular weight excluding hydrogens is 355 g/mol. The second-order valence-corrected chi connectivity index (χ2v) is 8.70. The molecule has 2 nitrogen and oxygen atoms in total. The number of hydrogen-bond acceptors (Lipinski definition) is 2. The van der Waals surface area contributed by atoms with Crippen molar-refractivity contribution in [2.24, 2.45) is 0 Å². The zero-order valence-electron chi connectivity index (χ0n) is 15.2. The van der Waals surface area contributed by atoms with Crippen molar-refractivity contribution in [1.82, 2.24) is 0 Å². The molecule has 1 rings (SSSR count). The highest BCUT2D eigenvalue weighted by Gasteiger charge is 2.32. The summed E-state index contributed by atoms with van der Waals surface area (Å²) in [5, 5.41) is 1.24. The third-order valence-electron chi connectivity index (χ3n) is 3.55. The van der Waals surface area contributed by atoms with Gasteiger partial charge in [-0.2, -0.15) is 0 Å². The minimum absolute atomic E-state index is 0.0993. The van der Waals surface area contributed by atoms with E-state index < -0.39 is 7.25 Å². The third kappa shape index (κ3) is 11.9. The fourth-order valence-electron chi connectivity index (χ4n) is 2.56. The molecule has 0 N–H and O–H groups in total. The molecule has 0 saturated carbocycles. The van der Waals surface area contributed by atoms with Gasteiger partial charge < -0.3 is 22.0 Å². The predicted molar refractivity (Wildman–Crippen MR) is 98.3 cm³/mol. The molecule has 0 heterocycles. The van der Waals surface area contributed by atoms with Gasteiger partial charge in [0.15, 0.2) is 0 Å². The van der Waals surface area contributed by atoms with Gasteiger partial charge in [-0.3, -0.25) is 4.79 Å². The van der Waals surface area contributed by atoms with Gasteiger partial charge in [0.1, 0.15) is 16.3 Å². The lowest BCUT2D eigenvalue weighted by molar-refractivity contribution is -0.140. The van der Waals surface area contributed by atoms with Crippen LogP contribution in [0.4, 0.5) is 17.3 Å². The molecule has 0 fully saturated rings. The molecule has 144 valence electrons. The van der Waals surface area contributed by atoms with E-state index >= 15 is 0 Å². The van der Waals surface area contributed by atoms with Gasteiger partial charge in [-0.05, 0) is 44.5 Å². The molecule has 0 saturated heterocycles. The maximum atomic E-state index is 11.3. The van der Waals surface area contributed by atoms with Crippen molar-refractivity contribution in [3.63, 3.8) is 0 Å². The van der Waals surface area contributed by atoms with E-state index in [9.17, 15) is 22.1 Å². The van der Waals surface area contributed by atoms with Crippen LogP contribution < -0.4 is 0 Å². The maximum Gasteiger partial charge on any atom is 0.673 e. The zero-order chi connectivity index (χ0) is 19.5. The summed E-state index contributed by atoms with van der Waals surface area (Å²) in [6, 6.07) is 10.7. The molecule has 0 aliphatic heterocycles. The fourth-order valence-corrected chi connectivity index (χ4v) is 5.26. The minimum Gasteiger partial charge on any atom is -0.469 e. The van der Waals surface area contributed by atoms with E-state index in [1.165, 1.54) is 18.4 Å². The minimum atomic E-state index is -6.00. The summed E-state index contributed by atoms with van der Waals surface area (Å²) in [6.45, 7) is 6.89. The van der Waals surface area contributed by atoms with Crippen LogP contribution in [0.3, 0.4) is 0 Å². The molecular formula is C17H27BF4O2S. The van der Waals surface area contributed by atoms with Crippen molar-refractivity contribution in [3.8, 4) is 0 Å². The Balaban J connectivity index is 0.00000101. The summed E-state index contributed by atoms with van der Waals surface area (Å²) < 4.78 is 43.7. The molecule has 1 aromatic carbocycles. The molecule has 2 atom stereocenters. The van der Waals surface area contributed by atoms with Gasteiger partial charge in [0.05, 0.1) is 7.11 Å². The van der Waals surface area contributed by atoms with Gasteiger partial charge in [0, 0.05) is 12.0 Å². The number of benzene rings is 1. The topological polar surface area (TPSA) is 26.3 Å². The standard InChI is InChI=1S/C17H27O2S.BF4/c1-5-20(14(2)3)16(12-9-13-17(18)19-4)15-10-7-6-8-11-15;2-1(3,4)5/h6-8,10-11,14,16H,5,9,12-13H2,1-4H3;/q+1;-1. The SMILES string of the molecule is CC[S+](C(C)C)C(CCCC(=O)OC)c1ccccc1.F[B-](F)(F)F. The maximum absolute atomic E-state index is 11.3. The number of halogens is 4. The average Bonchev–Trinajstić information content (AvgIpc) is 2.52. The third-order valence-corrected chi connectivity index (χ3v) is 6.67. The number of esters is 1. The van der Waals surface area contributed by atoms with Gasteiger partial charge >= 0.3 is 13.2 Å². The summed E-state index contributed by atoms with van der Waals surface area (Å²) >= 11 is 0. The number of ether oxygens (including phenoxy) is 1. The number of carbonyl (C=O) groups is 1. The summed E-state index contributed by atoms with van der Waals surface area (Å²) in [5.41, 5.74) is 1.41. The van der Waals surface area contributed by atoms with Crippen LogP contribution in [0.1, 0.15) is 50.8 Å². The Bertz CT molecular complexity index is 477. The Morgan fingerprint density at radius 1 is 1.16 bits per heavy atom. The number of methoxy groups -OCH3 is 1. The second-order valence-electron chi connectivity index (χ2n) is 5.67. The normalized spacial score (nSPS) is 13.6. The van der Waals surface area contributed by atoms with Crippen molar-refractivity contribution < 1.29 is 26.8 Å². The van der Waals surface area contributed by atoms with Crippen molar-refractivity contribution in [1.29, 1.82) is 0 Å². The largest absolute Gasteiger partial charge is 0.673 e. The Hall–Kier alpha value is -1.18. The first-order valence-electron chi connectivity index (χ1n) is 8.27. The quantitative estimate of drug-likeness (QED) is 0.260. The van der Waals surface area contributed by atoms with Gasteiger partial charge in [-0.15, -0.1) is 0 Å². The fraction of sp³-hybridized carbons (Fsp3) is 0.588. The number of rotatable bonds is 8. The van der Waals surface area contributed by atoms with E-state index in [0.29, 0.717) is 27.8 Å². The number of hydrogen-bond donors (Lipinski definition) is 0. The first-order chi connectivity index (χ1) is 11.6. The highest BCUT2D eigenvalue weighted by atomic mass is 32.2. The molecule has 0 bridgehead atoms. The van der Waals surface area contributed by atoms with Crippen molar-refractivity contribution in [3.05, 3.63) is 35.9 Å².